The summed E-state index contributed by atoms with van der Waals surface area (Å²) in [5, 5.41) is 5.79. The minimum absolute atomic E-state index is 0.365. The topological polar surface area (TPSA) is 76.7 Å². The summed E-state index contributed by atoms with van der Waals surface area (Å²) < 4.78 is 10.2. The minimum atomic E-state index is -1.31. The van der Waals surface area contributed by atoms with Gasteiger partial charge in [0.2, 0.25) is 11.8 Å². The van der Waals surface area contributed by atoms with E-state index in [0.29, 0.717) is 27.9 Å². The molecule has 2 rings (SSSR count). The van der Waals surface area contributed by atoms with Crippen molar-refractivity contribution >= 4 is 34.8 Å². The molecule has 2 N–H and O–H groups in total. The molecule has 2 aromatic carbocycles. The molecule has 0 fully saturated rings. The van der Waals surface area contributed by atoms with Crippen molar-refractivity contribution in [2.24, 2.45) is 5.41 Å². The van der Waals surface area contributed by atoms with E-state index in [-0.39, 0.29) is 0 Å². The molecule has 2 aromatic rings. The molecule has 138 valence electrons. The van der Waals surface area contributed by atoms with E-state index in [1.807, 2.05) is 0 Å². The number of amides is 2. The van der Waals surface area contributed by atoms with Crippen molar-refractivity contribution in [3.8, 4) is 11.5 Å². The largest absolute Gasteiger partial charge is 0.497 e. The third kappa shape index (κ3) is 4.46. The van der Waals surface area contributed by atoms with E-state index >= 15 is 0 Å². The molecule has 0 aliphatic rings. The first kappa shape index (κ1) is 19.6. The van der Waals surface area contributed by atoms with Crippen LogP contribution in [0.2, 0.25) is 5.02 Å². The first-order valence-electron chi connectivity index (χ1n) is 7.88. The number of methoxy groups -OCH3 is 2. The Labute approximate surface area is 157 Å². The number of anilines is 2. The van der Waals surface area contributed by atoms with Gasteiger partial charge >= 0.3 is 0 Å². The fraction of sp³-hybridized carbons (Fsp3) is 0.263. The summed E-state index contributed by atoms with van der Waals surface area (Å²) in [5.74, 6) is 0.208. The maximum atomic E-state index is 12.6. The highest BCUT2D eigenvalue weighted by Crippen LogP contribution is 2.29. The quantitative estimate of drug-likeness (QED) is 0.748. The van der Waals surface area contributed by atoms with Crippen molar-refractivity contribution in [2.45, 2.75) is 13.8 Å². The number of halogens is 1. The number of carbonyl (C=O) groups is 2. The Hall–Kier alpha value is -2.73. The second-order valence-electron chi connectivity index (χ2n) is 6.11. The Morgan fingerprint density at radius 3 is 2.08 bits per heavy atom. The van der Waals surface area contributed by atoms with Gasteiger partial charge in [-0.3, -0.25) is 9.59 Å². The lowest BCUT2D eigenvalue weighted by Crippen LogP contribution is -2.41. The number of hydrogen-bond acceptors (Lipinski definition) is 4. The smallest absolute Gasteiger partial charge is 0.239 e. The molecule has 7 heteroatoms. The number of rotatable bonds is 6. The van der Waals surface area contributed by atoms with Crippen molar-refractivity contribution in [1.29, 1.82) is 0 Å². The lowest BCUT2D eigenvalue weighted by atomic mass is 9.90. The van der Waals surface area contributed by atoms with Gasteiger partial charge in [0, 0.05) is 17.4 Å². The zero-order valence-corrected chi connectivity index (χ0v) is 15.8. The second-order valence-corrected chi connectivity index (χ2v) is 6.52. The number of benzene rings is 2. The Morgan fingerprint density at radius 1 is 0.923 bits per heavy atom. The van der Waals surface area contributed by atoms with E-state index in [0.717, 1.165) is 0 Å². The summed E-state index contributed by atoms with van der Waals surface area (Å²) in [6.45, 7) is 3.09. The summed E-state index contributed by atoms with van der Waals surface area (Å²) in [5.41, 5.74) is -0.291. The standard InChI is InChI=1S/C19H21ClN2O4/c1-19(2,17(23)21-12-6-5-7-14(10-12)25-3)18(24)22-13-8-9-16(26-4)15(20)11-13/h5-11H,1-4H3,(H,21,23)(H,22,24). The molecule has 0 aromatic heterocycles. The Morgan fingerprint density at radius 2 is 1.54 bits per heavy atom. The molecule has 0 radical (unpaired) electrons. The van der Waals surface area contributed by atoms with Crippen LogP contribution in [0.15, 0.2) is 42.5 Å². The summed E-state index contributed by atoms with van der Waals surface area (Å²) >= 11 is 6.06. The summed E-state index contributed by atoms with van der Waals surface area (Å²) in [7, 11) is 3.05. The highest BCUT2D eigenvalue weighted by atomic mass is 35.5. The normalized spacial score (nSPS) is 10.8. The average Bonchev–Trinajstić information content (AvgIpc) is 2.61. The maximum Gasteiger partial charge on any atom is 0.239 e. The van der Waals surface area contributed by atoms with Gasteiger partial charge in [0.25, 0.3) is 0 Å². The molecule has 0 unspecified atom stereocenters. The first-order valence-corrected chi connectivity index (χ1v) is 8.26. The number of nitrogens with one attached hydrogen (secondary N) is 2. The highest BCUT2D eigenvalue weighted by Gasteiger charge is 2.36. The van der Waals surface area contributed by atoms with Gasteiger partial charge in [-0.05, 0) is 44.2 Å². The van der Waals surface area contributed by atoms with Gasteiger partial charge < -0.3 is 20.1 Å². The van der Waals surface area contributed by atoms with Crippen LogP contribution in [0.5, 0.6) is 11.5 Å². The van der Waals surface area contributed by atoms with E-state index in [4.69, 9.17) is 21.1 Å². The van der Waals surface area contributed by atoms with Gasteiger partial charge in [-0.25, -0.2) is 0 Å². The van der Waals surface area contributed by atoms with Crippen molar-refractivity contribution in [2.75, 3.05) is 24.9 Å². The molecule has 26 heavy (non-hydrogen) atoms. The molecule has 0 spiro atoms. The van der Waals surface area contributed by atoms with Gasteiger partial charge in [0.05, 0.1) is 19.2 Å². The van der Waals surface area contributed by atoms with E-state index in [9.17, 15) is 9.59 Å². The van der Waals surface area contributed by atoms with Crippen LogP contribution in [0.3, 0.4) is 0 Å². The van der Waals surface area contributed by atoms with Crippen LogP contribution in [-0.2, 0) is 9.59 Å². The first-order chi connectivity index (χ1) is 12.3. The molecule has 0 saturated heterocycles. The lowest BCUT2D eigenvalue weighted by molar-refractivity contribution is -0.135. The Bertz CT molecular complexity index is 821. The van der Waals surface area contributed by atoms with Crippen molar-refractivity contribution in [3.05, 3.63) is 47.5 Å². The molecule has 0 aliphatic carbocycles. The molecule has 0 heterocycles. The fourth-order valence-electron chi connectivity index (χ4n) is 2.12. The number of ether oxygens (including phenoxy) is 2. The summed E-state index contributed by atoms with van der Waals surface area (Å²) in [6.07, 6.45) is 0. The van der Waals surface area contributed by atoms with Gasteiger partial charge in [-0.1, -0.05) is 17.7 Å². The van der Waals surface area contributed by atoms with Gasteiger partial charge in [0.1, 0.15) is 16.9 Å². The Kier molecular flexibility index (Phi) is 6.10. The zero-order chi connectivity index (χ0) is 19.3. The van der Waals surface area contributed by atoms with Crippen LogP contribution < -0.4 is 20.1 Å². The molecule has 0 aliphatic heterocycles. The second kappa shape index (κ2) is 8.10. The average molecular weight is 377 g/mol. The van der Waals surface area contributed by atoms with Crippen LogP contribution in [0.25, 0.3) is 0 Å². The van der Waals surface area contributed by atoms with Crippen molar-refractivity contribution < 1.29 is 19.1 Å². The summed E-state index contributed by atoms with van der Waals surface area (Å²) in [6, 6.07) is 11.8. The monoisotopic (exact) mass is 376 g/mol. The van der Waals surface area contributed by atoms with Crippen LogP contribution in [0, 0.1) is 5.41 Å². The van der Waals surface area contributed by atoms with Crippen LogP contribution >= 0.6 is 11.6 Å². The van der Waals surface area contributed by atoms with Gasteiger partial charge in [-0.2, -0.15) is 0 Å². The third-order valence-corrected chi connectivity index (χ3v) is 4.17. The van der Waals surface area contributed by atoms with E-state index in [1.165, 1.54) is 14.2 Å². The minimum Gasteiger partial charge on any atom is -0.497 e. The number of hydrogen-bond donors (Lipinski definition) is 2. The van der Waals surface area contributed by atoms with Crippen LogP contribution in [0.1, 0.15) is 13.8 Å². The van der Waals surface area contributed by atoms with Crippen molar-refractivity contribution in [1.82, 2.24) is 0 Å². The molecular formula is C19H21ClN2O4. The van der Waals surface area contributed by atoms with Gasteiger partial charge in [-0.15, -0.1) is 0 Å². The SMILES string of the molecule is COc1cccc(NC(=O)C(C)(C)C(=O)Nc2ccc(OC)c(Cl)c2)c1. The molecule has 2 amide bonds. The molecule has 6 nitrogen and oxygen atoms in total. The maximum absolute atomic E-state index is 12.6. The fourth-order valence-corrected chi connectivity index (χ4v) is 2.38. The predicted molar refractivity (Wildman–Crippen MR) is 102 cm³/mol. The number of carbonyl (C=O) groups excluding carboxylic acids is 2. The van der Waals surface area contributed by atoms with Crippen LogP contribution in [0.4, 0.5) is 11.4 Å². The third-order valence-electron chi connectivity index (χ3n) is 3.87. The van der Waals surface area contributed by atoms with E-state index in [2.05, 4.69) is 10.6 Å². The lowest BCUT2D eigenvalue weighted by Gasteiger charge is -2.23. The van der Waals surface area contributed by atoms with Crippen LogP contribution in [-0.4, -0.2) is 26.0 Å². The van der Waals surface area contributed by atoms with Gasteiger partial charge in [0.15, 0.2) is 0 Å². The van der Waals surface area contributed by atoms with E-state index in [1.54, 1.807) is 56.3 Å². The highest BCUT2D eigenvalue weighted by molar-refractivity contribution is 6.32. The molecule has 0 saturated carbocycles. The Balaban J connectivity index is 2.10. The van der Waals surface area contributed by atoms with E-state index < -0.39 is 17.2 Å². The molecule has 0 bridgehead atoms. The van der Waals surface area contributed by atoms with Crippen molar-refractivity contribution in [3.63, 3.8) is 0 Å². The molecule has 0 atom stereocenters. The molecular weight excluding hydrogens is 356 g/mol. The predicted octanol–water partition coefficient (Wildman–Crippen LogP) is 3.96. The summed E-state index contributed by atoms with van der Waals surface area (Å²) in [4.78, 5) is 25.2. The zero-order valence-electron chi connectivity index (χ0n) is 15.1.